The van der Waals surface area contributed by atoms with Gasteiger partial charge in [-0.2, -0.15) is 0 Å². The number of benzene rings is 1. The first-order chi connectivity index (χ1) is 6.45. The normalized spacial score (nSPS) is 10.0. The van der Waals surface area contributed by atoms with Crippen molar-refractivity contribution in [2.45, 2.75) is 0 Å². The number of carbonyl (C=O) groups is 2. The van der Waals surface area contributed by atoms with Gasteiger partial charge in [-0.25, -0.2) is 0 Å². The average molecular weight is 272 g/mol. The Labute approximate surface area is 99.7 Å². The van der Waals surface area contributed by atoms with Crippen molar-refractivity contribution in [3.8, 4) is 0 Å². The number of hydrogen-bond donors (Lipinski definition) is 0. The third-order valence-corrected chi connectivity index (χ3v) is 2.50. The molecule has 0 bridgehead atoms. The van der Waals surface area contributed by atoms with E-state index in [-0.39, 0.29) is 21.2 Å². The highest BCUT2D eigenvalue weighted by Gasteiger charge is 2.20. The molecule has 1 rings (SSSR count). The maximum atomic E-state index is 11.0. The molecular weight excluding hydrogens is 270 g/mol. The maximum absolute atomic E-state index is 11.0. The fourth-order valence-electron chi connectivity index (χ4n) is 0.936. The van der Waals surface area contributed by atoms with E-state index in [2.05, 4.69) is 0 Å². The summed E-state index contributed by atoms with van der Waals surface area (Å²) in [6.07, 6.45) is 0. The predicted octanol–water partition coefficient (Wildman–Crippen LogP) is 3.75. The van der Waals surface area contributed by atoms with Gasteiger partial charge in [0.15, 0.2) is 0 Å². The van der Waals surface area contributed by atoms with Crippen molar-refractivity contribution >= 4 is 56.9 Å². The Balaban J connectivity index is 3.58. The molecule has 0 spiro atoms. The average Bonchev–Trinajstić information content (AvgIpc) is 2.07. The van der Waals surface area contributed by atoms with Gasteiger partial charge in [-0.15, -0.1) is 0 Å². The van der Waals surface area contributed by atoms with Gasteiger partial charge in [0.25, 0.3) is 10.5 Å². The van der Waals surface area contributed by atoms with Gasteiger partial charge in [0.1, 0.15) is 0 Å². The molecule has 0 aromatic heterocycles. The molecule has 1 aromatic carbocycles. The lowest BCUT2D eigenvalue weighted by atomic mass is 10.1. The van der Waals surface area contributed by atoms with Crippen LogP contribution in [0.15, 0.2) is 12.1 Å². The summed E-state index contributed by atoms with van der Waals surface area (Å²) in [5.41, 5.74) is -0.332. The Morgan fingerprint density at radius 2 is 1.14 bits per heavy atom. The molecule has 0 heterocycles. The Morgan fingerprint density at radius 1 is 0.857 bits per heavy atom. The quantitative estimate of drug-likeness (QED) is 0.768. The minimum absolute atomic E-state index is 0.0402. The maximum Gasteiger partial charge on any atom is 0.254 e. The molecular formula is C8H2Cl4O2. The van der Waals surface area contributed by atoms with Crippen LogP contribution in [0.5, 0.6) is 0 Å². The summed E-state index contributed by atoms with van der Waals surface area (Å²) in [6.45, 7) is 0. The molecule has 2 nitrogen and oxygen atoms in total. The zero-order valence-electron chi connectivity index (χ0n) is 6.48. The SMILES string of the molecule is O=C(Cl)c1c(Cl)ccc(Cl)c1C(=O)Cl. The summed E-state index contributed by atoms with van der Waals surface area (Å²) in [4.78, 5) is 21.9. The van der Waals surface area contributed by atoms with E-state index in [1.165, 1.54) is 12.1 Å². The van der Waals surface area contributed by atoms with Gasteiger partial charge in [0, 0.05) is 0 Å². The second-order valence-corrected chi connectivity index (χ2v) is 3.83. The number of hydrogen-bond acceptors (Lipinski definition) is 2. The van der Waals surface area contributed by atoms with E-state index in [1.807, 2.05) is 0 Å². The van der Waals surface area contributed by atoms with Crippen molar-refractivity contribution in [2.75, 3.05) is 0 Å². The molecule has 0 saturated carbocycles. The molecule has 0 amide bonds. The summed E-state index contributed by atoms with van der Waals surface area (Å²) in [7, 11) is 0. The zero-order chi connectivity index (χ0) is 10.9. The second kappa shape index (κ2) is 4.49. The summed E-state index contributed by atoms with van der Waals surface area (Å²) in [5, 5.41) is -1.67. The third kappa shape index (κ3) is 2.20. The van der Waals surface area contributed by atoms with Crippen LogP contribution in [0.3, 0.4) is 0 Å². The van der Waals surface area contributed by atoms with Gasteiger partial charge in [0.2, 0.25) is 0 Å². The zero-order valence-corrected chi connectivity index (χ0v) is 9.51. The van der Waals surface area contributed by atoms with Crippen LogP contribution in [0, 0.1) is 0 Å². The van der Waals surface area contributed by atoms with E-state index >= 15 is 0 Å². The molecule has 0 aliphatic heterocycles. The molecule has 6 heteroatoms. The van der Waals surface area contributed by atoms with Gasteiger partial charge in [-0.05, 0) is 35.3 Å². The monoisotopic (exact) mass is 270 g/mol. The number of carbonyl (C=O) groups excluding carboxylic acids is 2. The van der Waals surface area contributed by atoms with Crippen molar-refractivity contribution in [2.24, 2.45) is 0 Å². The molecule has 0 aliphatic rings. The van der Waals surface area contributed by atoms with Crippen molar-refractivity contribution in [1.82, 2.24) is 0 Å². The van der Waals surface area contributed by atoms with Gasteiger partial charge in [-0.3, -0.25) is 9.59 Å². The van der Waals surface area contributed by atoms with E-state index in [9.17, 15) is 9.59 Å². The molecule has 0 radical (unpaired) electrons. The van der Waals surface area contributed by atoms with Crippen LogP contribution >= 0.6 is 46.4 Å². The highest BCUT2D eigenvalue weighted by Crippen LogP contribution is 2.29. The van der Waals surface area contributed by atoms with Crippen LogP contribution in [0.1, 0.15) is 20.7 Å². The Bertz CT molecular complexity index is 375. The summed E-state index contributed by atoms with van der Waals surface area (Å²) in [5.74, 6) is 0. The van der Waals surface area contributed by atoms with Crippen molar-refractivity contribution in [3.05, 3.63) is 33.3 Å². The summed E-state index contributed by atoms with van der Waals surface area (Å²) >= 11 is 21.8. The number of rotatable bonds is 2. The Kier molecular flexibility index (Phi) is 3.78. The van der Waals surface area contributed by atoms with Crippen LogP contribution in [-0.2, 0) is 0 Å². The highest BCUT2D eigenvalue weighted by molar-refractivity contribution is 6.73. The largest absolute Gasteiger partial charge is 0.276 e. The van der Waals surface area contributed by atoms with Crippen molar-refractivity contribution in [3.63, 3.8) is 0 Å². The Morgan fingerprint density at radius 3 is 1.36 bits per heavy atom. The molecule has 0 atom stereocenters. The molecule has 0 fully saturated rings. The third-order valence-electron chi connectivity index (χ3n) is 1.50. The molecule has 0 N–H and O–H groups in total. The van der Waals surface area contributed by atoms with Crippen LogP contribution in [0.2, 0.25) is 10.0 Å². The van der Waals surface area contributed by atoms with Gasteiger partial charge in [0.05, 0.1) is 21.2 Å². The minimum atomic E-state index is -0.874. The van der Waals surface area contributed by atoms with E-state index < -0.39 is 10.5 Å². The highest BCUT2D eigenvalue weighted by atomic mass is 35.5. The van der Waals surface area contributed by atoms with Crippen LogP contribution in [0.25, 0.3) is 0 Å². The lowest BCUT2D eigenvalue weighted by Crippen LogP contribution is -2.02. The van der Waals surface area contributed by atoms with Crippen LogP contribution in [0.4, 0.5) is 0 Å². The first kappa shape index (κ1) is 11.8. The summed E-state index contributed by atoms with van der Waals surface area (Å²) in [6, 6.07) is 2.73. The topological polar surface area (TPSA) is 34.1 Å². The standard InChI is InChI=1S/C8H2Cl4O2/c9-3-1-2-4(10)6(8(12)14)5(3)7(11)13/h1-2H. The molecule has 0 saturated heterocycles. The first-order valence-electron chi connectivity index (χ1n) is 3.32. The van der Waals surface area contributed by atoms with Crippen LogP contribution in [-0.4, -0.2) is 10.5 Å². The Hall–Kier alpha value is -0.280. The smallest absolute Gasteiger partial charge is 0.254 e. The molecule has 1 aromatic rings. The number of halogens is 4. The lowest BCUT2D eigenvalue weighted by Gasteiger charge is -2.05. The first-order valence-corrected chi connectivity index (χ1v) is 4.84. The van der Waals surface area contributed by atoms with E-state index in [0.29, 0.717) is 0 Å². The van der Waals surface area contributed by atoms with Crippen molar-refractivity contribution in [1.29, 1.82) is 0 Å². The van der Waals surface area contributed by atoms with Gasteiger partial charge >= 0.3 is 0 Å². The molecule has 0 aliphatic carbocycles. The summed E-state index contributed by atoms with van der Waals surface area (Å²) < 4.78 is 0. The molecule has 0 unspecified atom stereocenters. The fourth-order valence-corrected chi connectivity index (χ4v) is 1.91. The minimum Gasteiger partial charge on any atom is -0.276 e. The van der Waals surface area contributed by atoms with Gasteiger partial charge in [-0.1, -0.05) is 23.2 Å². The van der Waals surface area contributed by atoms with Gasteiger partial charge < -0.3 is 0 Å². The van der Waals surface area contributed by atoms with E-state index in [0.717, 1.165) is 0 Å². The molecule has 14 heavy (non-hydrogen) atoms. The van der Waals surface area contributed by atoms with Crippen molar-refractivity contribution < 1.29 is 9.59 Å². The molecule has 74 valence electrons. The van der Waals surface area contributed by atoms with Crippen LogP contribution < -0.4 is 0 Å². The fraction of sp³-hybridized carbons (Fsp3) is 0. The van der Waals surface area contributed by atoms with E-state index in [4.69, 9.17) is 46.4 Å². The second-order valence-electron chi connectivity index (χ2n) is 2.33. The lowest BCUT2D eigenvalue weighted by molar-refractivity contribution is 0.105. The predicted molar refractivity (Wildman–Crippen MR) is 56.8 cm³/mol. The van der Waals surface area contributed by atoms with E-state index in [1.54, 1.807) is 0 Å².